The minimum Gasteiger partial charge on any atom is -0.324 e. The van der Waals surface area contributed by atoms with Gasteiger partial charge in [-0.05, 0) is 19.1 Å². The highest BCUT2D eigenvalue weighted by molar-refractivity contribution is 7.98. The van der Waals surface area contributed by atoms with Crippen molar-refractivity contribution in [1.82, 2.24) is 19.7 Å². The summed E-state index contributed by atoms with van der Waals surface area (Å²) in [5.41, 5.74) is 6.53. The van der Waals surface area contributed by atoms with Crippen molar-refractivity contribution >= 4 is 23.4 Å². The fraction of sp³-hybridized carbons (Fsp3) is 0.364. The van der Waals surface area contributed by atoms with E-state index < -0.39 is 0 Å². The molecule has 0 atom stereocenters. The van der Waals surface area contributed by atoms with Gasteiger partial charge in [-0.25, -0.2) is 4.98 Å². The van der Waals surface area contributed by atoms with Crippen molar-refractivity contribution in [2.45, 2.75) is 30.9 Å². The van der Waals surface area contributed by atoms with Crippen molar-refractivity contribution in [3.63, 3.8) is 0 Å². The normalized spacial score (nSPS) is 10.8. The van der Waals surface area contributed by atoms with Crippen LogP contribution in [0.4, 0.5) is 0 Å². The molecule has 2 aromatic heterocycles. The maximum Gasteiger partial charge on any atom is 0.191 e. The third kappa shape index (κ3) is 3.01. The lowest BCUT2D eigenvalue weighted by Crippen LogP contribution is -2.08. The van der Waals surface area contributed by atoms with Crippen LogP contribution >= 0.6 is 23.4 Å². The molecule has 0 bridgehead atoms. The number of halogens is 1. The van der Waals surface area contributed by atoms with Crippen molar-refractivity contribution in [1.29, 1.82) is 0 Å². The van der Waals surface area contributed by atoms with E-state index >= 15 is 0 Å². The highest BCUT2D eigenvalue weighted by Crippen LogP contribution is 2.21. The van der Waals surface area contributed by atoms with Gasteiger partial charge in [0.25, 0.3) is 0 Å². The summed E-state index contributed by atoms with van der Waals surface area (Å²) in [5, 5.41) is 9.55. The molecule has 0 radical (unpaired) electrons. The van der Waals surface area contributed by atoms with Gasteiger partial charge in [0.15, 0.2) is 5.16 Å². The molecule has 2 N–H and O–H groups in total. The standard InChI is InChI=1S/C11H14ClN5S/c1-2-17-10(6-13)15-16-11(17)18-7-8-4-3-5-9(12)14-8/h3-5H,2,6-7,13H2,1H3. The van der Waals surface area contributed by atoms with Crippen LogP contribution in [0.25, 0.3) is 0 Å². The quantitative estimate of drug-likeness (QED) is 0.672. The van der Waals surface area contributed by atoms with Crippen molar-refractivity contribution in [2.24, 2.45) is 5.73 Å². The van der Waals surface area contributed by atoms with Gasteiger partial charge >= 0.3 is 0 Å². The number of nitrogens with zero attached hydrogens (tertiary/aromatic N) is 4. The third-order valence-electron chi connectivity index (χ3n) is 2.41. The number of aromatic nitrogens is 4. The first kappa shape index (κ1) is 13.3. The molecule has 0 spiro atoms. The second kappa shape index (κ2) is 6.17. The Kier molecular flexibility index (Phi) is 4.57. The predicted octanol–water partition coefficient (Wildman–Crippen LogP) is 2.10. The molecule has 5 nitrogen and oxygen atoms in total. The molecule has 0 aliphatic carbocycles. The van der Waals surface area contributed by atoms with Crippen LogP contribution in [0.15, 0.2) is 23.4 Å². The first-order valence-electron chi connectivity index (χ1n) is 5.61. The Balaban J connectivity index is 2.08. The van der Waals surface area contributed by atoms with Gasteiger partial charge in [0.05, 0.1) is 12.2 Å². The summed E-state index contributed by atoms with van der Waals surface area (Å²) >= 11 is 7.42. The number of pyridine rings is 1. The Morgan fingerprint density at radius 1 is 1.39 bits per heavy atom. The summed E-state index contributed by atoms with van der Waals surface area (Å²) in [6.45, 7) is 3.26. The average molecular weight is 284 g/mol. The van der Waals surface area contributed by atoms with Crippen LogP contribution in [0.5, 0.6) is 0 Å². The van der Waals surface area contributed by atoms with E-state index in [4.69, 9.17) is 17.3 Å². The smallest absolute Gasteiger partial charge is 0.191 e. The maximum absolute atomic E-state index is 5.84. The van der Waals surface area contributed by atoms with Gasteiger partial charge in [0.1, 0.15) is 11.0 Å². The minimum atomic E-state index is 0.400. The predicted molar refractivity (Wildman–Crippen MR) is 72.4 cm³/mol. The first-order valence-corrected chi connectivity index (χ1v) is 6.97. The average Bonchev–Trinajstić information content (AvgIpc) is 2.78. The summed E-state index contributed by atoms with van der Waals surface area (Å²) in [4.78, 5) is 4.23. The Bertz CT molecular complexity index is 528. The lowest BCUT2D eigenvalue weighted by molar-refractivity contribution is 0.643. The van der Waals surface area contributed by atoms with Gasteiger partial charge in [-0.15, -0.1) is 10.2 Å². The highest BCUT2D eigenvalue weighted by Gasteiger charge is 2.10. The molecular formula is C11H14ClN5S. The third-order valence-corrected chi connectivity index (χ3v) is 3.63. The van der Waals surface area contributed by atoms with E-state index in [-0.39, 0.29) is 0 Å². The minimum absolute atomic E-state index is 0.400. The summed E-state index contributed by atoms with van der Waals surface area (Å²) in [6, 6.07) is 5.59. The molecule has 0 fully saturated rings. The zero-order valence-corrected chi connectivity index (χ0v) is 11.6. The van der Waals surface area contributed by atoms with Crippen molar-refractivity contribution in [2.75, 3.05) is 0 Å². The molecule has 0 amide bonds. The van der Waals surface area contributed by atoms with Crippen LogP contribution in [0.3, 0.4) is 0 Å². The fourth-order valence-corrected chi connectivity index (χ4v) is 2.67. The Hall–Kier alpha value is -1.11. The zero-order valence-electron chi connectivity index (χ0n) is 10.0. The summed E-state index contributed by atoms with van der Waals surface area (Å²) < 4.78 is 2.01. The molecule has 7 heteroatoms. The number of hydrogen-bond acceptors (Lipinski definition) is 5. The van der Waals surface area contributed by atoms with Crippen LogP contribution in [-0.4, -0.2) is 19.7 Å². The van der Waals surface area contributed by atoms with E-state index in [2.05, 4.69) is 15.2 Å². The van der Waals surface area contributed by atoms with Crippen molar-refractivity contribution < 1.29 is 0 Å². The monoisotopic (exact) mass is 283 g/mol. The Labute approximate surface area is 115 Å². The van der Waals surface area contributed by atoms with Gasteiger partial charge in [0, 0.05) is 12.3 Å². The number of thioether (sulfide) groups is 1. The molecule has 0 saturated heterocycles. The molecular weight excluding hydrogens is 270 g/mol. The van der Waals surface area contributed by atoms with Gasteiger partial charge in [-0.1, -0.05) is 29.4 Å². The van der Waals surface area contributed by atoms with Crippen molar-refractivity contribution in [3.8, 4) is 0 Å². The Morgan fingerprint density at radius 2 is 2.22 bits per heavy atom. The number of nitrogens with two attached hydrogens (primary N) is 1. The highest BCUT2D eigenvalue weighted by atomic mass is 35.5. The second-order valence-corrected chi connectivity index (χ2v) is 4.92. The van der Waals surface area contributed by atoms with Gasteiger partial charge in [-0.3, -0.25) is 0 Å². The first-order chi connectivity index (χ1) is 8.74. The fourth-order valence-electron chi connectivity index (χ4n) is 1.56. The largest absolute Gasteiger partial charge is 0.324 e. The van der Waals surface area contributed by atoms with E-state index in [1.807, 2.05) is 23.6 Å². The zero-order chi connectivity index (χ0) is 13.0. The molecule has 0 aliphatic rings. The van der Waals surface area contributed by atoms with E-state index in [0.29, 0.717) is 17.5 Å². The molecule has 96 valence electrons. The molecule has 0 unspecified atom stereocenters. The van der Waals surface area contributed by atoms with Gasteiger partial charge in [-0.2, -0.15) is 0 Å². The lowest BCUT2D eigenvalue weighted by atomic mass is 10.4. The maximum atomic E-state index is 5.84. The summed E-state index contributed by atoms with van der Waals surface area (Å²) in [6.07, 6.45) is 0. The molecule has 2 aromatic rings. The topological polar surface area (TPSA) is 69.6 Å². The molecule has 2 heterocycles. The van der Waals surface area contributed by atoms with Gasteiger partial charge in [0.2, 0.25) is 0 Å². The van der Waals surface area contributed by atoms with Crippen molar-refractivity contribution in [3.05, 3.63) is 34.9 Å². The SMILES string of the molecule is CCn1c(CN)nnc1SCc1cccc(Cl)n1. The molecule has 0 saturated carbocycles. The van der Waals surface area contributed by atoms with Crippen LogP contribution in [0, 0.1) is 0 Å². The van der Waals surface area contributed by atoms with E-state index in [1.165, 1.54) is 0 Å². The van der Waals surface area contributed by atoms with E-state index in [1.54, 1.807) is 17.8 Å². The molecule has 0 aromatic carbocycles. The van der Waals surface area contributed by atoms with Crippen LogP contribution < -0.4 is 5.73 Å². The Morgan fingerprint density at radius 3 is 2.89 bits per heavy atom. The summed E-state index contributed by atoms with van der Waals surface area (Å²) in [7, 11) is 0. The lowest BCUT2D eigenvalue weighted by Gasteiger charge is -2.05. The van der Waals surface area contributed by atoms with Gasteiger partial charge < -0.3 is 10.3 Å². The van der Waals surface area contributed by atoms with Crippen LogP contribution in [-0.2, 0) is 18.8 Å². The molecule has 18 heavy (non-hydrogen) atoms. The van der Waals surface area contributed by atoms with E-state index in [0.717, 1.165) is 23.2 Å². The number of hydrogen-bond donors (Lipinski definition) is 1. The second-order valence-electron chi connectivity index (χ2n) is 3.59. The van der Waals surface area contributed by atoms with E-state index in [9.17, 15) is 0 Å². The van der Waals surface area contributed by atoms with Crippen LogP contribution in [0.1, 0.15) is 18.4 Å². The molecule has 0 aliphatic heterocycles. The van der Waals surface area contributed by atoms with Crippen LogP contribution in [0.2, 0.25) is 5.15 Å². The summed E-state index contributed by atoms with van der Waals surface area (Å²) in [5.74, 6) is 1.52. The molecule has 2 rings (SSSR count). The number of rotatable bonds is 5.